The Labute approximate surface area is 458 Å². The van der Waals surface area contributed by atoms with Gasteiger partial charge >= 0.3 is 5.97 Å². The first-order valence-corrected chi connectivity index (χ1v) is 30.7. The minimum Gasteiger partial charge on any atom is -0.454 e. The van der Waals surface area contributed by atoms with E-state index < -0.39 is 67.4 Å². The Hall–Kier alpha value is -2.90. The molecule has 0 aromatic rings. The largest absolute Gasteiger partial charge is 0.454 e. The molecule has 434 valence electrons. The Balaban J connectivity index is 2.63. The lowest BCUT2D eigenvalue weighted by atomic mass is 9.99. The molecule has 1 saturated heterocycles. The zero-order valence-corrected chi connectivity index (χ0v) is 47.9. The predicted octanol–water partition coefficient (Wildman–Crippen LogP) is 14.4. The third kappa shape index (κ3) is 40.0. The number of carbonyl (C=O) groups is 2. The number of esters is 1. The molecule has 11 nitrogen and oxygen atoms in total. The summed E-state index contributed by atoms with van der Waals surface area (Å²) < 4.78 is 17.5. The molecule has 1 aliphatic heterocycles. The van der Waals surface area contributed by atoms with Crippen molar-refractivity contribution in [2.24, 2.45) is 0 Å². The Kier molecular flexibility index (Phi) is 48.5. The molecule has 0 saturated carbocycles. The van der Waals surface area contributed by atoms with Crippen LogP contribution in [0, 0.1) is 0 Å². The summed E-state index contributed by atoms with van der Waals surface area (Å²) in [5.74, 6) is -1.21. The second-order valence-corrected chi connectivity index (χ2v) is 21.1. The van der Waals surface area contributed by atoms with Gasteiger partial charge in [0.1, 0.15) is 24.4 Å². The van der Waals surface area contributed by atoms with Crippen LogP contribution in [0.3, 0.4) is 0 Å². The summed E-state index contributed by atoms with van der Waals surface area (Å²) >= 11 is 0. The fourth-order valence-corrected chi connectivity index (χ4v) is 9.14. The lowest BCUT2D eigenvalue weighted by Gasteiger charge is -2.41. The molecule has 11 heteroatoms. The van der Waals surface area contributed by atoms with Gasteiger partial charge in [0.25, 0.3) is 0 Å². The molecule has 1 rings (SSSR count). The molecular formula is C64H113NO10. The summed E-state index contributed by atoms with van der Waals surface area (Å²) in [6.45, 7) is 5.69. The smallest absolute Gasteiger partial charge is 0.306 e. The van der Waals surface area contributed by atoms with E-state index in [1.165, 1.54) is 109 Å². The minimum absolute atomic E-state index is 0.110. The van der Waals surface area contributed by atoms with Crippen LogP contribution in [0.15, 0.2) is 72.9 Å². The summed E-state index contributed by atoms with van der Waals surface area (Å²) in [7, 11) is 0. The van der Waals surface area contributed by atoms with Gasteiger partial charge in [0.15, 0.2) is 12.4 Å². The molecule has 0 aliphatic carbocycles. The Bertz CT molecular complexity index is 1490. The first-order chi connectivity index (χ1) is 36.7. The lowest BCUT2D eigenvalue weighted by molar-refractivity contribution is -0.305. The molecule has 0 radical (unpaired) electrons. The van der Waals surface area contributed by atoms with E-state index in [1.54, 1.807) is 6.08 Å². The molecule has 1 fully saturated rings. The number of allylic oxidation sites excluding steroid dienone is 11. The van der Waals surface area contributed by atoms with Crippen LogP contribution in [-0.4, -0.2) is 99.6 Å². The maximum absolute atomic E-state index is 13.4. The van der Waals surface area contributed by atoms with Crippen molar-refractivity contribution in [2.75, 3.05) is 13.2 Å². The number of amides is 1. The standard InChI is InChI=1S/C64H113NO10/c1-4-7-10-13-16-19-22-23-24-25-26-27-28-29-30-31-32-33-34-37-39-42-45-48-51-57(68)63(72)65-55(56(67)50-47-44-41-38-35-20-17-14-11-8-5-2)54-73-64-62(61(71)60(70)58(53-66)74-64)75-59(69)52-49-46-43-40-36-21-18-15-12-9-6-3/h15-16,18-19,23-24,26-27,29-30,47,50,55-58,60-62,64,66-68,70-71H,4-14,17,20-22,25,28,31-46,48-49,51-54H2,1-3H3,(H,65,72)/b18-15-,19-16-,24-23-,27-26-,30-29-,50-47+. The molecule has 1 amide bonds. The fourth-order valence-electron chi connectivity index (χ4n) is 9.14. The van der Waals surface area contributed by atoms with Crippen LogP contribution >= 0.6 is 0 Å². The number of hydrogen-bond acceptors (Lipinski definition) is 10. The molecule has 0 spiro atoms. The zero-order chi connectivity index (χ0) is 54.7. The van der Waals surface area contributed by atoms with E-state index in [0.717, 1.165) is 103 Å². The molecular weight excluding hydrogens is 943 g/mol. The maximum Gasteiger partial charge on any atom is 0.306 e. The average Bonchev–Trinajstić information content (AvgIpc) is 3.41. The second-order valence-electron chi connectivity index (χ2n) is 21.1. The van der Waals surface area contributed by atoms with Crippen molar-refractivity contribution in [1.29, 1.82) is 0 Å². The summed E-state index contributed by atoms with van der Waals surface area (Å²) in [6, 6.07) is -1.03. The molecule has 1 heterocycles. The van der Waals surface area contributed by atoms with Gasteiger partial charge in [-0.2, -0.15) is 0 Å². The third-order valence-corrected chi connectivity index (χ3v) is 14.1. The molecule has 8 atom stereocenters. The van der Waals surface area contributed by atoms with Crippen LogP contribution in [0.25, 0.3) is 0 Å². The van der Waals surface area contributed by atoms with Gasteiger partial charge in [-0.1, -0.05) is 235 Å². The highest BCUT2D eigenvalue weighted by Crippen LogP contribution is 2.26. The van der Waals surface area contributed by atoms with Crippen molar-refractivity contribution in [2.45, 2.75) is 307 Å². The third-order valence-electron chi connectivity index (χ3n) is 14.1. The lowest BCUT2D eigenvalue weighted by Crippen LogP contribution is -2.61. The summed E-state index contributed by atoms with van der Waals surface area (Å²) in [5.41, 5.74) is 0. The molecule has 0 bridgehead atoms. The normalized spacial score (nSPS) is 19.7. The van der Waals surface area contributed by atoms with E-state index in [1.807, 2.05) is 6.08 Å². The number of rotatable bonds is 51. The van der Waals surface area contributed by atoms with Gasteiger partial charge in [-0.05, 0) is 89.9 Å². The van der Waals surface area contributed by atoms with Gasteiger partial charge in [0.05, 0.1) is 25.4 Å². The second kappa shape index (κ2) is 51.8. The highest BCUT2D eigenvalue weighted by Gasteiger charge is 2.47. The summed E-state index contributed by atoms with van der Waals surface area (Å²) in [5, 5.41) is 56.8. The van der Waals surface area contributed by atoms with Gasteiger partial charge in [-0.15, -0.1) is 0 Å². The number of nitrogens with one attached hydrogen (secondary N) is 1. The Morgan fingerprint density at radius 2 is 0.933 bits per heavy atom. The molecule has 8 unspecified atom stereocenters. The molecule has 0 aromatic heterocycles. The minimum atomic E-state index is -1.62. The van der Waals surface area contributed by atoms with E-state index in [-0.39, 0.29) is 19.4 Å². The van der Waals surface area contributed by atoms with E-state index >= 15 is 0 Å². The van der Waals surface area contributed by atoms with Crippen molar-refractivity contribution in [3.63, 3.8) is 0 Å². The van der Waals surface area contributed by atoms with Crippen molar-refractivity contribution in [1.82, 2.24) is 5.32 Å². The zero-order valence-electron chi connectivity index (χ0n) is 47.9. The fraction of sp³-hybridized carbons (Fsp3) is 0.781. The number of hydrogen-bond donors (Lipinski definition) is 6. The first-order valence-electron chi connectivity index (χ1n) is 30.7. The van der Waals surface area contributed by atoms with Crippen molar-refractivity contribution in [3.8, 4) is 0 Å². The quantitative estimate of drug-likeness (QED) is 0.0195. The van der Waals surface area contributed by atoms with Crippen LogP contribution in [0.5, 0.6) is 0 Å². The average molecular weight is 1060 g/mol. The van der Waals surface area contributed by atoms with Crippen LogP contribution < -0.4 is 5.32 Å². The summed E-state index contributed by atoms with van der Waals surface area (Å²) in [6.07, 6.45) is 55.2. The molecule has 75 heavy (non-hydrogen) atoms. The maximum atomic E-state index is 13.4. The SMILES string of the molecule is CCCC/C=C\CCCCCCCC(=O)OC1C(OCC(NC(=O)C(O)CCCCCCCCCC/C=C\C/C=C\C/C=C\C/C=C\CCCCC)C(O)/C=C/CCCCCCCCCCC)OC(CO)C(O)C1O. The van der Waals surface area contributed by atoms with Crippen LogP contribution in [0.2, 0.25) is 0 Å². The van der Waals surface area contributed by atoms with Crippen molar-refractivity contribution in [3.05, 3.63) is 72.9 Å². The molecule has 0 aromatic carbocycles. The monoisotopic (exact) mass is 1060 g/mol. The topological polar surface area (TPSA) is 175 Å². The highest BCUT2D eigenvalue weighted by atomic mass is 16.7. The van der Waals surface area contributed by atoms with Gasteiger partial charge in [-0.25, -0.2) is 0 Å². The number of unbranched alkanes of at least 4 members (excludes halogenated alkanes) is 27. The van der Waals surface area contributed by atoms with Crippen molar-refractivity contribution < 1.29 is 49.3 Å². The number of carbonyl (C=O) groups excluding carboxylic acids is 2. The van der Waals surface area contributed by atoms with Gasteiger partial charge in [0, 0.05) is 6.42 Å². The van der Waals surface area contributed by atoms with Gasteiger partial charge < -0.3 is 45.1 Å². The van der Waals surface area contributed by atoms with E-state index in [0.29, 0.717) is 12.8 Å². The number of ether oxygens (including phenoxy) is 3. The number of aliphatic hydroxyl groups is 5. The van der Waals surface area contributed by atoms with Crippen LogP contribution in [0.1, 0.15) is 258 Å². The predicted molar refractivity (Wildman–Crippen MR) is 310 cm³/mol. The van der Waals surface area contributed by atoms with E-state index in [9.17, 15) is 35.1 Å². The van der Waals surface area contributed by atoms with Crippen molar-refractivity contribution >= 4 is 11.9 Å². The van der Waals surface area contributed by atoms with Gasteiger partial charge in [0.2, 0.25) is 5.91 Å². The number of aliphatic hydroxyl groups excluding tert-OH is 5. The Morgan fingerprint density at radius 3 is 1.45 bits per heavy atom. The van der Waals surface area contributed by atoms with E-state index in [4.69, 9.17) is 14.2 Å². The van der Waals surface area contributed by atoms with Crippen LogP contribution in [0.4, 0.5) is 0 Å². The highest BCUT2D eigenvalue weighted by molar-refractivity contribution is 5.80. The van der Waals surface area contributed by atoms with Gasteiger partial charge in [-0.3, -0.25) is 9.59 Å². The Morgan fingerprint density at radius 1 is 0.520 bits per heavy atom. The molecule has 1 aliphatic rings. The summed E-state index contributed by atoms with van der Waals surface area (Å²) in [4.78, 5) is 26.4. The molecule has 6 N–H and O–H groups in total. The van der Waals surface area contributed by atoms with Crippen LogP contribution in [-0.2, 0) is 23.8 Å². The first kappa shape index (κ1) is 70.1. The van der Waals surface area contributed by atoms with E-state index in [2.05, 4.69) is 86.8 Å².